The molecule has 1 N–H and O–H groups in total. The molecule has 1 aliphatic heterocycles. The predicted molar refractivity (Wildman–Crippen MR) is 118 cm³/mol. The molecule has 1 aliphatic rings. The van der Waals surface area contributed by atoms with Crippen LogP contribution in [0.2, 0.25) is 0 Å². The van der Waals surface area contributed by atoms with Gasteiger partial charge >= 0.3 is 0 Å². The van der Waals surface area contributed by atoms with Crippen LogP contribution in [-0.2, 0) is 6.42 Å². The van der Waals surface area contributed by atoms with Crippen molar-refractivity contribution in [2.45, 2.75) is 6.42 Å². The van der Waals surface area contributed by atoms with E-state index >= 15 is 0 Å². The van der Waals surface area contributed by atoms with Crippen molar-refractivity contribution in [1.82, 2.24) is 10.3 Å². The molecule has 0 spiro atoms. The Kier molecular flexibility index (Phi) is 6.05. The first-order valence-corrected chi connectivity index (χ1v) is 10.1. The molecule has 1 aromatic heterocycles. The zero-order chi connectivity index (χ0) is 19.9. The summed E-state index contributed by atoms with van der Waals surface area (Å²) in [6.07, 6.45) is 2.55. The fourth-order valence-electron chi connectivity index (χ4n) is 3.63. The number of rotatable bonds is 6. The lowest BCUT2D eigenvalue weighted by Gasteiger charge is -2.36. The van der Waals surface area contributed by atoms with E-state index in [1.54, 1.807) is 12.3 Å². The van der Waals surface area contributed by atoms with Crippen molar-refractivity contribution in [3.63, 3.8) is 0 Å². The summed E-state index contributed by atoms with van der Waals surface area (Å²) in [6.45, 7) is 4.29. The SMILES string of the molecule is O=C(NCCc1ccccc1)c1ccnc(N2CCN(c3ccccc3)CC2)c1. The monoisotopic (exact) mass is 386 g/mol. The largest absolute Gasteiger partial charge is 0.368 e. The first-order chi connectivity index (χ1) is 14.3. The van der Waals surface area contributed by atoms with Crippen LogP contribution in [0.3, 0.4) is 0 Å². The van der Waals surface area contributed by atoms with Gasteiger partial charge in [0.1, 0.15) is 5.82 Å². The van der Waals surface area contributed by atoms with Crippen molar-refractivity contribution < 1.29 is 4.79 Å². The van der Waals surface area contributed by atoms with Gasteiger partial charge in [0, 0.05) is 50.2 Å². The molecular formula is C24H26N4O. The Balaban J connectivity index is 1.32. The molecule has 1 amide bonds. The van der Waals surface area contributed by atoms with E-state index in [1.807, 2.05) is 30.3 Å². The normalized spacial score (nSPS) is 13.9. The van der Waals surface area contributed by atoms with Crippen molar-refractivity contribution >= 4 is 17.4 Å². The second kappa shape index (κ2) is 9.24. The minimum atomic E-state index is -0.0486. The van der Waals surface area contributed by atoms with Crippen LogP contribution in [0.4, 0.5) is 11.5 Å². The summed E-state index contributed by atoms with van der Waals surface area (Å²) in [6, 6.07) is 24.3. The highest BCUT2D eigenvalue weighted by Gasteiger charge is 2.19. The number of aromatic nitrogens is 1. The van der Waals surface area contributed by atoms with E-state index in [1.165, 1.54) is 11.3 Å². The molecular weight excluding hydrogens is 360 g/mol. The average Bonchev–Trinajstić information content (AvgIpc) is 2.80. The molecule has 5 heteroatoms. The Bertz CT molecular complexity index is 922. The maximum absolute atomic E-state index is 12.5. The molecule has 148 valence electrons. The number of hydrogen-bond donors (Lipinski definition) is 1. The van der Waals surface area contributed by atoms with Gasteiger partial charge in [-0.2, -0.15) is 0 Å². The van der Waals surface area contributed by atoms with E-state index in [9.17, 15) is 4.79 Å². The highest BCUT2D eigenvalue weighted by Crippen LogP contribution is 2.19. The minimum absolute atomic E-state index is 0.0486. The highest BCUT2D eigenvalue weighted by atomic mass is 16.1. The number of para-hydroxylation sites is 1. The highest BCUT2D eigenvalue weighted by molar-refractivity contribution is 5.94. The Morgan fingerprint density at radius 2 is 1.52 bits per heavy atom. The fourth-order valence-corrected chi connectivity index (χ4v) is 3.63. The lowest BCUT2D eigenvalue weighted by atomic mass is 10.1. The molecule has 4 rings (SSSR count). The van der Waals surface area contributed by atoms with E-state index in [0.29, 0.717) is 12.1 Å². The topological polar surface area (TPSA) is 48.5 Å². The summed E-state index contributed by atoms with van der Waals surface area (Å²) < 4.78 is 0. The van der Waals surface area contributed by atoms with Crippen molar-refractivity contribution in [2.24, 2.45) is 0 Å². The third-order valence-electron chi connectivity index (χ3n) is 5.27. The molecule has 0 aliphatic carbocycles. The number of pyridine rings is 1. The average molecular weight is 386 g/mol. The Labute approximate surface area is 172 Å². The number of anilines is 2. The molecule has 1 saturated heterocycles. The van der Waals surface area contributed by atoms with Gasteiger partial charge in [-0.3, -0.25) is 4.79 Å². The minimum Gasteiger partial charge on any atom is -0.368 e. The van der Waals surface area contributed by atoms with Crippen LogP contribution < -0.4 is 15.1 Å². The first-order valence-electron chi connectivity index (χ1n) is 10.1. The molecule has 0 saturated carbocycles. The Morgan fingerprint density at radius 1 is 0.862 bits per heavy atom. The number of carbonyl (C=O) groups excluding carboxylic acids is 1. The zero-order valence-electron chi connectivity index (χ0n) is 16.5. The Morgan fingerprint density at radius 3 is 2.24 bits per heavy atom. The van der Waals surface area contributed by atoms with Crippen molar-refractivity contribution in [3.05, 3.63) is 90.1 Å². The van der Waals surface area contributed by atoms with Crippen molar-refractivity contribution in [3.8, 4) is 0 Å². The summed E-state index contributed by atoms with van der Waals surface area (Å²) >= 11 is 0. The number of hydrogen-bond acceptors (Lipinski definition) is 4. The number of nitrogens with zero attached hydrogens (tertiary/aromatic N) is 3. The van der Waals surface area contributed by atoms with Gasteiger partial charge in [0.15, 0.2) is 0 Å². The molecule has 0 atom stereocenters. The lowest BCUT2D eigenvalue weighted by Crippen LogP contribution is -2.46. The number of benzene rings is 2. The summed E-state index contributed by atoms with van der Waals surface area (Å²) in [7, 11) is 0. The molecule has 3 aromatic rings. The van der Waals surface area contributed by atoms with Crippen LogP contribution in [0.1, 0.15) is 15.9 Å². The van der Waals surface area contributed by atoms with E-state index in [2.05, 4.69) is 56.5 Å². The smallest absolute Gasteiger partial charge is 0.251 e. The van der Waals surface area contributed by atoms with Crippen LogP contribution in [0.15, 0.2) is 79.0 Å². The third kappa shape index (κ3) is 4.93. The number of nitrogens with one attached hydrogen (secondary N) is 1. The number of carbonyl (C=O) groups is 1. The van der Waals surface area contributed by atoms with Crippen LogP contribution >= 0.6 is 0 Å². The number of piperazine rings is 1. The van der Waals surface area contributed by atoms with Gasteiger partial charge in [-0.15, -0.1) is 0 Å². The van der Waals surface area contributed by atoms with Crippen LogP contribution in [0, 0.1) is 0 Å². The second-order valence-electron chi connectivity index (χ2n) is 7.20. The van der Waals surface area contributed by atoms with Gasteiger partial charge in [0.2, 0.25) is 0 Å². The van der Waals surface area contributed by atoms with E-state index in [-0.39, 0.29) is 5.91 Å². The van der Waals surface area contributed by atoms with Gasteiger partial charge in [-0.05, 0) is 36.2 Å². The number of amides is 1. The summed E-state index contributed by atoms with van der Waals surface area (Å²) in [5.74, 6) is 0.820. The summed E-state index contributed by atoms with van der Waals surface area (Å²) in [5, 5.41) is 3.01. The molecule has 5 nitrogen and oxygen atoms in total. The first kappa shape index (κ1) is 19.0. The van der Waals surface area contributed by atoms with Gasteiger partial charge in [-0.1, -0.05) is 48.5 Å². The van der Waals surface area contributed by atoms with Gasteiger partial charge < -0.3 is 15.1 Å². The zero-order valence-corrected chi connectivity index (χ0v) is 16.5. The maximum Gasteiger partial charge on any atom is 0.251 e. The van der Waals surface area contributed by atoms with E-state index < -0.39 is 0 Å². The quantitative estimate of drug-likeness (QED) is 0.706. The predicted octanol–water partition coefficient (Wildman–Crippen LogP) is 3.38. The maximum atomic E-state index is 12.5. The lowest BCUT2D eigenvalue weighted by molar-refractivity contribution is 0.0954. The fraction of sp³-hybridized carbons (Fsp3) is 0.250. The van der Waals surface area contributed by atoms with Gasteiger partial charge in [0.05, 0.1) is 0 Å². The van der Waals surface area contributed by atoms with Crippen LogP contribution in [0.25, 0.3) is 0 Å². The van der Waals surface area contributed by atoms with Gasteiger partial charge in [-0.25, -0.2) is 4.98 Å². The molecule has 29 heavy (non-hydrogen) atoms. The van der Waals surface area contributed by atoms with Crippen LogP contribution in [0.5, 0.6) is 0 Å². The molecule has 0 bridgehead atoms. The van der Waals surface area contributed by atoms with E-state index in [4.69, 9.17) is 0 Å². The summed E-state index contributed by atoms with van der Waals surface area (Å²) in [5.41, 5.74) is 3.14. The van der Waals surface area contributed by atoms with Crippen molar-refractivity contribution in [2.75, 3.05) is 42.5 Å². The summed E-state index contributed by atoms with van der Waals surface area (Å²) in [4.78, 5) is 21.7. The van der Waals surface area contributed by atoms with Gasteiger partial charge in [0.25, 0.3) is 5.91 Å². The third-order valence-corrected chi connectivity index (χ3v) is 5.27. The van der Waals surface area contributed by atoms with Crippen molar-refractivity contribution in [1.29, 1.82) is 0 Å². The molecule has 2 heterocycles. The van der Waals surface area contributed by atoms with E-state index in [0.717, 1.165) is 38.4 Å². The molecule has 1 fully saturated rings. The molecule has 0 unspecified atom stereocenters. The second-order valence-corrected chi connectivity index (χ2v) is 7.20. The Hall–Kier alpha value is -3.34. The standard InChI is InChI=1S/C24H26N4O/c29-24(26-13-11-20-7-3-1-4-8-20)21-12-14-25-23(19-21)28-17-15-27(16-18-28)22-9-5-2-6-10-22/h1-10,12,14,19H,11,13,15-18H2,(H,26,29). The van der Waals surface area contributed by atoms with Crippen LogP contribution in [-0.4, -0.2) is 43.6 Å². The molecule has 2 aromatic carbocycles. The molecule has 0 radical (unpaired) electrons.